The summed E-state index contributed by atoms with van der Waals surface area (Å²) in [6.45, 7) is 4.09. The van der Waals surface area contributed by atoms with E-state index in [-0.39, 0.29) is 23.7 Å². The van der Waals surface area contributed by atoms with Crippen LogP contribution in [0.5, 0.6) is 5.75 Å². The number of carboxylic acids is 1. The summed E-state index contributed by atoms with van der Waals surface area (Å²) in [5, 5.41) is 9.74. The predicted octanol–water partition coefficient (Wildman–Crippen LogP) is 7.68. The largest absolute Gasteiger partial charge is 0.490 e. The maximum atomic E-state index is 15.8. The second-order valence-electron chi connectivity index (χ2n) is 9.02. The van der Waals surface area contributed by atoms with Gasteiger partial charge in [0.1, 0.15) is 0 Å². The zero-order valence-electron chi connectivity index (χ0n) is 19.4. The number of hydrogen-bond donors (Lipinski definition) is 1. The Balaban J connectivity index is 1.82. The van der Waals surface area contributed by atoms with Crippen LogP contribution in [0.1, 0.15) is 76.7 Å². The highest BCUT2D eigenvalue weighted by Crippen LogP contribution is 2.43. The summed E-state index contributed by atoms with van der Waals surface area (Å²) in [5.41, 5.74) is -0.861. The predicted molar refractivity (Wildman–Crippen MR) is 123 cm³/mol. The van der Waals surface area contributed by atoms with Crippen molar-refractivity contribution >= 4 is 5.97 Å². The van der Waals surface area contributed by atoms with Crippen LogP contribution in [0.4, 0.5) is 13.2 Å². The minimum atomic E-state index is -2.26. The fourth-order valence-corrected chi connectivity index (χ4v) is 4.86. The van der Waals surface area contributed by atoms with Crippen LogP contribution in [0.3, 0.4) is 0 Å². The van der Waals surface area contributed by atoms with Crippen LogP contribution in [0.25, 0.3) is 11.1 Å². The minimum absolute atomic E-state index is 0.0880. The van der Waals surface area contributed by atoms with Gasteiger partial charge in [-0.25, -0.2) is 13.6 Å². The molecule has 0 heterocycles. The number of alkyl halides is 1. The Morgan fingerprint density at radius 3 is 2.30 bits per heavy atom. The van der Waals surface area contributed by atoms with Crippen molar-refractivity contribution in [3.63, 3.8) is 0 Å². The maximum Gasteiger partial charge on any atom is 0.341 e. The van der Waals surface area contributed by atoms with Crippen molar-refractivity contribution in [1.82, 2.24) is 0 Å². The third kappa shape index (κ3) is 5.53. The Kier molecular flexibility index (Phi) is 8.44. The van der Waals surface area contributed by atoms with Crippen LogP contribution >= 0.6 is 0 Å². The number of carboxylic acid groups (broad SMARTS) is 1. The number of halogens is 3. The first kappa shape index (κ1) is 25.1. The molecule has 0 amide bonds. The number of aliphatic carboxylic acids is 1. The number of carbonyl (C=O) groups is 1. The third-order valence-corrected chi connectivity index (χ3v) is 6.85. The number of rotatable bonds is 10. The smallest absolute Gasteiger partial charge is 0.341 e. The Morgan fingerprint density at radius 2 is 1.73 bits per heavy atom. The van der Waals surface area contributed by atoms with Gasteiger partial charge in [0.15, 0.2) is 11.6 Å². The van der Waals surface area contributed by atoms with Gasteiger partial charge in [-0.1, -0.05) is 57.4 Å². The molecule has 1 saturated carbocycles. The molecular formula is C27H33F3O3. The van der Waals surface area contributed by atoms with Crippen LogP contribution in [-0.4, -0.2) is 23.4 Å². The van der Waals surface area contributed by atoms with E-state index in [1.165, 1.54) is 12.1 Å². The summed E-state index contributed by atoms with van der Waals surface area (Å²) < 4.78 is 50.1. The molecule has 1 N–H and O–H groups in total. The van der Waals surface area contributed by atoms with Gasteiger partial charge < -0.3 is 9.84 Å². The fraction of sp³-hybridized carbons (Fsp3) is 0.519. The summed E-state index contributed by atoms with van der Waals surface area (Å²) in [6.07, 6.45) is 5.12. The molecule has 1 aliphatic carbocycles. The van der Waals surface area contributed by atoms with Gasteiger partial charge in [-0.2, -0.15) is 4.39 Å². The molecule has 0 saturated heterocycles. The van der Waals surface area contributed by atoms with Crippen molar-refractivity contribution in [2.75, 3.05) is 6.61 Å². The van der Waals surface area contributed by atoms with Gasteiger partial charge in [-0.15, -0.1) is 0 Å². The average molecular weight is 463 g/mol. The van der Waals surface area contributed by atoms with Crippen LogP contribution in [-0.2, 0) is 4.79 Å². The number of ether oxygens (including phenoxy) is 1. The van der Waals surface area contributed by atoms with Crippen molar-refractivity contribution in [1.29, 1.82) is 0 Å². The van der Waals surface area contributed by atoms with Gasteiger partial charge in [-0.3, -0.25) is 0 Å². The fourth-order valence-electron chi connectivity index (χ4n) is 4.86. The first-order valence-electron chi connectivity index (χ1n) is 11.9. The van der Waals surface area contributed by atoms with E-state index in [1.54, 1.807) is 24.3 Å². The summed E-state index contributed by atoms with van der Waals surface area (Å²) in [6, 6.07) is 9.75. The Hall–Kier alpha value is -2.50. The molecule has 3 rings (SSSR count). The molecule has 1 fully saturated rings. The van der Waals surface area contributed by atoms with Gasteiger partial charge in [0.05, 0.1) is 6.61 Å². The topological polar surface area (TPSA) is 46.5 Å². The van der Waals surface area contributed by atoms with Gasteiger partial charge in [0.25, 0.3) is 0 Å². The lowest BCUT2D eigenvalue weighted by molar-refractivity contribution is -0.157. The monoisotopic (exact) mass is 462 g/mol. The van der Waals surface area contributed by atoms with Crippen LogP contribution in [0.15, 0.2) is 36.4 Å². The summed E-state index contributed by atoms with van der Waals surface area (Å²) >= 11 is 0. The van der Waals surface area contributed by atoms with E-state index in [1.807, 2.05) is 13.8 Å². The molecular weight excluding hydrogens is 429 g/mol. The first-order chi connectivity index (χ1) is 15.8. The molecule has 2 aromatic carbocycles. The summed E-state index contributed by atoms with van der Waals surface area (Å²) in [4.78, 5) is 11.9. The molecule has 1 unspecified atom stereocenters. The van der Waals surface area contributed by atoms with Crippen LogP contribution in [0.2, 0.25) is 0 Å². The molecule has 180 valence electrons. The molecule has 3 nitrogen and oxygen atoms in total. The third-order valence-electron chi connectivity index (χ3n) is 6.85. The number of hydrogen-bond acceptors (Lipinski definition) is 2. The van der Waals surface area contributed by atoms with E-state index < -0.39 is 29.2 Å². The molecule has 0 radical (unpaired) electrons. The molecule has 0 spiro atoms. The van der Waals surface area contributed by atoms with E-state index in [4.69, 9.17) is 4.74 Å². The Morgan fingerprint density at radius 1 is 1.06 bits per heavy atom. The zero-order valence-corrected chi connectivity index (χ0v) is 19.4. The van der Waals surface area contributed by atoms with Crippen LogP contribution < -0.4 is 4.74 Å². The second-order valence-corrected chi connectivity index (χ2v) is 9.02. The van der Waals surface area contributed by atoms with Crippen molar-refractivity contribution in [3.05, 3.63) is 53.6 Å². The lowest BCUT2D eigenvalue weighted by Crippen LogP contribution is -2.43. The van der Waals surface area contributed by atoms with E-state index in [9.17, 15) is 18.7 Å². The summed E-state index contributed by atoms with van der Waals surface area (Å²) in [7, 11) is 0. The Bertz CT molecular complexity index is 938. The van der Waals surface area contributed by atoms with Crippen molar-refractivity contribution in [2.45, 2.75) is 76.8 Å². The van der Waals surface area contributed by atoms with Gasteiger partial charge in [0.2, 0.25) is 11.5 Å². The van der Waals surface area contributed by atoms with E-state index in [0.717, 1.165) is 24.8 Å². The average Bonchev–Trinajstić information content (AvgIpc) is 2.84. The standard InChI is InChI=1S/C27H33F3O3/c1-3-16-33-23-15-14-22(24(28)25(23)29)20-12-10-19(11-13-20)18(4-2)17-27(30,26(31)32)21-8-6-5-7-9-21/h10-15,18,21H,3-9,16-17H2,1-2H3,(H,31,32)/t18?,27-/m0/s1. The minimum Gasteiger partial charge on any atom is -0.490 e. The normalized spacial score (nSPS) is 17.4. The molecule has 2 aromatic rings. The molecule has 33 heavy (non-hydrogen) atoms. The maximum absolute atomic E-state index is 15.8. The second kappa shape index (κ2) is 11.1. The molecule has 6 heteroatoms. The Labute approximate surface area is 194 Å². The van der Waals surface area contributed by atoms with Crippen molar-refractivity contribution in [3.8, 4) is 16.9 Å². The lowest BCUT2D eigenvalue weighted by Gasteiger charge is -2.35. The molecule has 1 aliphatic rings. The van der Waals surface area contributed by atoms with Crippen LogP contribution in [0, 0.1) is 17.6 Å². The summed E-state index contributed by atoms with van der Waals surface area (Å²) in [5.74, 6) is -4.25. The molecule has 0 bridgehead atoms. The quantitative estimate of drug-likeness (QED) is 0.394. The van der Waals surface area contributed by atoms with Crippen molar-refractivity contribution in [2.24, 2.45) is 5.92 Å². The van der Waals surface area contributed by atoms with Gasteiger partial charge >= 0.3 is 5.97 Å². The highest BCUT2D eigenvalue weighted by atomic mass is 19.2. The van der Waals surface area contributed by atoms with Gasteiger partial charge in [0, 0.05) is 11.5 Å². The highest BCUT2D eigenvalue weighted by Gasteiger charge is 2.47. The van der Waals surface area contributed by atoms with Crippen molar-refractivity contribution < 1.29 is 27.8 Å². The van der Waals surface area contributed by atoms with E-state index in [2.05, 4.69) is 0 Å². The lowest BCUT2D eigenvalue weighted by atomic mass is 9.72. The van der Waals surface area contributed by atoms with Gasteiger partial charge in [-0.05, 0) is 61.3 Å². The molecule has 0 aliphatic heterocycles. The van der Waals surface area contributed by atoms with E-state index in [0.29, 0.717) is 37.9 Å². The molecule has 2 atom stereocenters. The molecule has 0 aromatic heterocycles. The highest BCUT2D eigenvalue weighted by molar-refractivity contribution is 5.78. The first-order valence-corrected chi connectivity index (χ1v) is 11.9. The zero-order chi connectivity index (χ0) is 24.0. The SMILES string of the molecule is CCCOc1ccc(-c2ccc(C(CC)C[C@@](F)(C(=O)O)C3CCCCC3)cc2)c(F)c1F. The van der Waals surface area contributed by atoms with E-state index >= 15 is 4.39 Å². The number of benzene rings is 2.